The van der Waals surface area contributed by atoms with E-state index in [4.69, 9.17) is 9.84 Å². The van der Waals surface area contributed by atoms with Gasteiger partial charge in [-0.25, -0.2) is 0 Å². The van der Waals surface area contributed by atoms with Crippen LogP contribution in [0.5, 0.6) is 11.5 Å². The zero-order valence-corrected chi connectivity index (χ0v) is 19.9. The summed E-state index contributed by atoms with van der Waals surface area (Å²) in [4.78, 5) is 35.3. The molecule has 0 radical (unpaired) electrons. The molecule has 182 valence electrons. The summed E-state index contributed by atoms with van der Waals surface area (Å²) < 4.78 is 4.96. The summed E-state index contributed by atoms with van der Waals surface area (Å²) in [5, 5.41) is 18.8. The SMILES string of the molecule is CC(C(=O)O)c1cccc(C(=O)c2ccccc2)c1.COc1ccc(C(=O)c2ccccc2)c(O)c1. The summed E-state index contributed by atoms with van der Waals surface area (Å²) in [5.74, 6) is -1.37. The number of ketones is 2. The minimum absolute atomic E-state index is 0.0711. The number of aromatic hydroxyl groups is 1. The van der Waals surface area contributed by atoms with Crippen LogP contribution in [-0.2, 0) is 4.79 Å². The van der Waals surface area contributed by atoms with Gasteiger partial charge in [0.2, 0.25) is 0 Å². The summed E-state index contributed by atoms with van der Waals surface area (Å²) >= 11 is 0. The van der Waals surface area contributed by atoms with Crippen LogP contribution in [0.4, 0.5) is 0 Å². The standard InChI is InChI=1S/C16H14O3.C14H12O3/c1-11(16(18)19)13-8-5-9-14(10-13)15(17)12-6-3-2-4-7-12;1-17-11-7-8-12(13(15)9-11)14(16)10-5-3-2-4-6-10/h2-11H,1H3,(H,18,19);2-9,15H,1H3. The van der Waals surface area contributed by atoms with Gasteiger partial charge in [-0.3, -0.25) is 14.4 Å². The molecular formula is C30H26O6. The molecule has 0 spiro atoms. The van der Waals surface area contributed by atoms with E-state index in [-0.39, 0.29) is 22.9 Å². The van der Waals surface area contributed by atoms with Crippen molar-refractivity contribution in [2.24, 2.45) is 0 Å². The fourth-order valence-electron chi connectivity index (χ4n) is 3.42. The number of carboxylic acid groups (broad SMARTS) is 1. The molecule has 1 unspecified atom stereocenters. The lowest BCUT2D eigenvalue weighted by molar-refractivity contribution is -0.138. The van der Waals surface area contributed by atoms with E-state index in [0.717, 1.165) is 0 Å². The molecule has 4 rings (SSSR count). The number of methoxy groups -OCH3 is 1. The topological polar surface area (TPSA) is 101 Å². The number of carbonyl (C=O) groups is 3. The van der Waals surface area contributed by atoms with E-state index >= 15 is 0 Å². The number of rotatable bonds is 7. The molecule has 0 saturated carbocycles. The Bertz CT molecular complexity index is 1350. The van der Waals surface area contributed by atoms with Crippen molar-refractivity contribution < 1.29 is 29.3 Å². The van der Waals surface area contributed by atoms with Crippen LogP contribution in [0.15, 0.2) is 103 Å². The lowest BCUT2D eigenvalue weighted by Crippen LogP contribution is -2.09. The molecule has 0 bridgehead atoms. The van der Waals surface area contributed by atoms with Crippen molar-refractivity contribution in [3.63, 3.8) is 0 Å². The van der Waals surface area contributed by atoms with Crippen LogP contribution < -0.4 is 4.74 Å². The van der Waals surface area contributed by atoms with E-state index < -0.39 is 11.9 Å². The summed E-state index contributed by atoms with van der Waals surface area (Å²) in [7, 11) is 1.51. The number of benzene rings is 4. The molecule has 4 aromatic carbocycles. The Morgan fingerprint density at radius 2 is 1.25 bits per heavy atom. The number of phenolic OH excluding ortho intramolecular Hbond substituents is 1. The quantitative estimate of drug-likeness (QED) is 0.326. The number of aliphatic carboxylic acids is 1. The molecule has 0 aliphatic carbocycles. The van der Waals surface area contributed by atoms with Gasteiger partial charge in [0.05, 0.1) is 18.6 Å². The molecular weight excluding hydrogens is 456 g/mol. The Morgan fingerprint density at radius 3 is 1.78 bits per heavy atom. The van der Waals surface area contributed by atoms with Crippen molar-refractivity contribution in [3.05, 3.63) is 131 Å². The van der Waals surface area contributed by atoms with Gasteiger partial charge in [0, 0.05) is 22.8 Å². The van der Waals surface area contributed by atoms with Gasteiger partial charge in [-0.05, 0) is 30.7 Å². The maximum Gasteiger partial charge on any atom is 0.310 e. The second-order valence-electron chi connectivity index (χ2n) is 7.96. The Hall–Kier alpha value is -4.71. The molecule has 0 aromatic heterocycles. The van der Waals surface area contributed by atoms with Crippen molar-refractivity contribution in [2.45, 2.75) is 12.8 Å². The van der Waals surface area contributed by atoms with Gasteiger partial charge in [0.15, 0.2) is 11.6 Å². The first-order chi connectivity index (χ1) is 17.3. The van der Waals surface area contributed by atoms with E-state index in [2.05, 4.69) is 0 Å². The number of hydrogen-bond donors (Lipinski definition) is 2. The average molecular weight is 483 g/mol. The maximum absolute atomic E-state index is 12.2. The van der Waals surface area contributed by atoms with Crippen LogP contribution in [-0.4, -0.2) is 34.9 Å². The molecule has 0 aliphatic rings. The van der Waals surface area contributed by atoms with Crippen molar-refractivity contribution in [1.29, 1.82) is 0 Å². The van der Waals surface area contributed by atoms with Gasteiger partial charge in [-0.2, -0.15) is 0 Å². The summed E-state index contributed by atoms with van der Waals surface area (Å²) in [6, 6.07) is 29.2. The Labute approximate surface area is 209 Å². The van der Waals surface area contributed by atoms with E-state index in [9.17, 15) is 19.5 Å². The van der Waals surface area contributed by atoms with Gasteiger partial charge in [0.25, 0.3) is 0 Å². The highest BCUT2D eigenvalue weighted by Gasteiger charge is 2.16. The first-order valence-corrected chi connectivity index (χ1v) is 11.2. The third kappa shape index (κ3) is 6.45. The fraction of sp³-hybridized carbons (Fsp3) is 0.100. The highest BCUT2D eigenvalue weighted by molar-refractivity contribution is 6.10. The molecule has 0 aliphatic heterocycles. The Morgan fingerprint density at radius 1 is 0.694 bits per heavy atom. The summed E-state index contributed by atoms with van der Waals surface area (Å²) in [6.07, 6.45) is 0. The zero-order chi connectivity index (χ0) is 26.1. The monoisotopic (exact) mass is 482 g/mol. The second kappa shape index (κ2) is 12.1. The minimum Gasteiger partial charge on any atom is -0.507 e. The predicted molar refractivity (Wildman–Crippen MR) is 137 cm³/mol. The van der Waals surface area contributed by atoms with Crippen molar-refractivity contribution in [1.82, 2.24) is 0 Å². The molecule has 6 nitrogen and oxygen atoms in total. The molecule has 0 fully saturated rings. The number of phenols is 1. The van der Waals surface area contributed by atoms with Gasteiger partial charge in [-0.15, -0.1) is 0 Å². The van der Waals surface area contributed by atoms with Crippen LogP contribution in [0.2, 0.25) is 0 Å². The van der Waals surface area contributed by atoms with Gasteiger partial charge >= 0.3 is 5.97 Å². The lowest BCUT2D eigenvalue weighted by Gasteiger charge is -2.08. The van der Waals surface area contributed by atoms with Crippen LogP contribution in [0, 0.1) is 0 Å². The van der Waals surface area contributed by atoms with Gasteiger partial charge < -0.3 is 14.9 Å². The molecule has 0 heterocycles. The van der Waals surface area contributed by atoms with Crippen molar-refractivity contribution >= 4 is 17.5 Å². The second-order valence-corrected chi connectivity index (χ2v) is 7.96. The van der Waals surface area contributed by atoms with E-state index in [1.807, 2.05) is 12.1 Å². The normalized spacial score (nSPS) is 10.9. The predicted octanol–water partition coefficient (Wildman–Crippen LogP) is 5.74. The van der Waals surface area contributed by atoms with Crippen molar-refractivity contribution in [2.75, 3.05) is 7.11 Å². The van der Waals surface area contributed by atoms with Crippen LogP contribution in [0.1, 0.15) is 50.2 Å². The Balaban J connectivity index is 0.000000202. The summed E-state index contributed by atoms with van der Waals surface area (Å²) in [6.45, 7) is 1.61. The van der Waals surface area contributed by atoms with Crippen molar-refractivity contribution in [3.8, 4) is 11.5 Å². The molecule has 2 N–H and O–H groups in total. The Kier molecular flexibility index (Phi) is 8.73. The minimum atomic E-state index is -0.899. The highest BCUT2D eigenvalue weighted by Crippen LogP contribution is 2.25. The zero-order valence-electron chi connectivity index (χ0n) is 19.9. The number of ether oxygens (including phenoxy) is 1. The number of carboxylic acids is 1. The lowest BCUT2D eigenvalue weighted by atomic mass is 9.96. The molecule has 0 amide bonds. The average Bonchev–Trinajstić information content (AvgIpc) is 2.93. The van der Waals surface area contributed by atoms with Gasteiger partial charge in [-0.1, -0.05) is 78.9 Å². The van der Waals surface area contributed by atoms with Crippen LogP contribution in [0.25, 0.3) is 0 Å². The summed E-state index contributed by atoms with van der Waals surface area (Å²) in [5.41, 5.74) is 2.57. The number of hydrogen-bond acceptors (Lipinski definition) is 5. The first-order valence-electron chi connectivity index (χ1n) is 11.2. The molecule has 0 saturated heterocycles. The molecule has 6 heteroatoms. The van der Waals surface area contributed by atoms with Crippen LogP contribution in [0.3, 0.4) is 0 Å². The highest BCUT2D eigenvalue weighted by atomic mass is 16.5. The van der Waals surface area contributed by atoms with E-state index in [1.165, 1.54) is 13.2 Å². The third-order valence-corrected chi connectivity index (χ3v) is 5.54. The third-order valence-electron chi connectivity index (χ3n) is 5.54. The molecule has 4 aromatic rings. The maximum atomic E-state index is 12.2. The first kappa shape index (κ1) is 25.9. The molecule has 36 heavy (non-hydrogen) atoms. The van der Waals surface area contributed by atoms with E-state index in [1.54, 1.807) is 91.9 Å². The molecule has 1 atom stereocenters. The smallest absolute Gasteiger partial charge is 0.310 e. The van der Waals surface area contributed by atoms with E-state index in [0.29, 0.717) is 28.0 Å². The largest absolute Gasteiger partial charge is 0.507 e. The number of carbonyl (C=O) groups excluding carboxylic acids is 2. The fourth-order valence-corrected chi connectivity index (χ4v) is 3.42. The van der Waals surface area contributed by atoms with Gasteiger partial charge in [0.1, 0.15) is 11.5 Å². The van der Waals surface area contributed by atoms with Crippen LogP contribution >= 0.6 is 0 Å².